The molecule has 3 N–H and O–H groups in total. The average Bonchev–Trinajstić information content (AvgIpc) is 2.67. The van der Waals surface area contributed by atoms with Crippen LogP contribution in [0.3, 0.4) is 0 Å². The number of piperazine rings is 1. The van der Waals surface area contributed by atoms with Crippen molar-refractivity contribution in [3.8, 4) is 11.5 Å². The molecule has 7 nitrogen and oxygen atoms in total. The first-order chi connectivity index (χ1) is 13.1. The topological polar surface area (TPSA) is 88.4 Å². The Balaban J connectivity index is 1.39. The van der Waals surface area contributed by atoms with Crippen molar-refractivity contribution >= 4 is 12.1 Å². The van der Waals surface area contributed by atoms with E-state index < -0.39 is 0 Å². The molecule has 1 aliphatic rings. The zero-order valence-corrected chi connectivity index (χ0v) is 15.1. The van der Waals surface area contributed by atoms with Crippen LogP contribution in [0.1, 0.15) is 11.1 Å². The van der Waals surface area contributed by atoms with Gasteiger partial charge in [0.25, 0.3) is 5.91 Å². The molecule has 1 heterocycles. The predicted octanol–water partition coefficient (Wildman–Crippen LogP) is 1.37. The molecule has 27 heavy (non-hydrogen) atoms. The van der Waals surface area contributed by atoms with E-state index in [4.69, 9.17) is 0 Å². The van der Waals surface area contributed by atoms with Gasteiger partial charge in [0.1, 0.15) is 0 Å². The molecule has 0 aliphatic carbocycles. The lowest BCUT2D eigenvalue weighted by atomic mass is 10.2. The molecule has 0 atom stereocenters. The maximum Gasteiger partial charge on any atom is 0.254 e. The Hall–Kier alpha value is -2.90. The first-order valence-corrected chi connectivity index (χ1v) is 8.93. The standard InChI is InChI=1S/C20H24N4O3/c25-18-7-6-17(12-19(18)26)13-21-22-20(27)15-24-10-8-23(9-11-24)14-16-4-2-1-3-5-16/h1-7,12-13,25-26H,8-11,14-15H2,(H,22,27)/b21-13+. The molecule has 7 heteroatoms. The van der Waals surface area contributed by atoms with Crippen LogP contribution in [0.5, 0.6) is 11.5 Å². The molecule has 1 amide bonds. The van der Waals surface area contributed by atoms with Crippen molar-refractivity contribution in [1.82, 2.24) is 15.2 Å². The van der Waals surface area contributed by atoms with E-state index in [0.29, 0.717) is 12.1 Å². The fourth-order valence-electron chi connectivity index (χ4n) is 2.99. The van der Waals surface area contributed by atoms with Crippen LogP contribution in [-0.4, -0.2) is 64.9 Å². The van der Waals surface area contributed by atoms with Crippen molar-refractivity contribution in [3.05, 3.63) is 59.7 Å². The molecule has 1 fully saturated rings. The summed E-state index contributed by atoms with van der Waals surface area (Å²) < 4.78 is 0. The highest BCUT2D eigenvalue weighted by Gasteiger charge is 2.18. The molecular weight excluding hydrogens is 344 g/mol. The van der Waals surface area contributed by atoms with Crippen molar-refractivity contribution in [2.45, 2.75) is 6.54 Å². The summed E-state index contributed by atoms with van der Waals surface area (Å²) in [5, 5.41) is 22.6. The Morgan fingerprint density at radius 1 is 1.00 bits per heavy atom. The lowest BCUT2D eigenvalue weighted by molar-refractivity contribution is -0.122. The van der Waals surface area contributed by atoms with Crippen LogP contribution in [-0.2, 0) is 11.3 Å². The fraction of sp³-hybridized carbons (Fsp3) is 0.300. The van der Waals surface area contributed by atoms with Crippen molar-refractivity contribution in [2.75, 3.05) is 32.7 Å². The highest BCUT2D eigenvalue weighted by Crippen LogP contribution is 2.23. The normalized spacial score (nSPS) is 15.9. The zero-order valence-electron chi connectivity index (χ0n) is 15.1. The third-order valence-electron chi connectivity index (χ3n) is 4.48. The van der Waals surface area contributed by atoms with E-state index in [1.54, 1.807) is 6.07 Å². The summed E-state index contributed by atoms with van der Waals surface area (Å²) in [5.41, 5.74) is 4.38. The minimum atomic E-state index is -0.223. The number of nitrogens with zero attached hydrogens (tertiary/aromatic N) is 3. The summed E-state index contributed by atoms with van der Waals surface area (Å²) >= 11 is 0. The molecule has 0 aromatic heterocycles. The van der Waals surface area contributed by atoms with Crippen molar-refractivity contribution in [3.63, 3.8) is 0 Å². The van der Waals surface area contributed by atoms with Gasteiger partial charge in [0.15, 0.2) is 11.5 Å². The smallest absolute Gasteiger partial charge is 0.254 e. The molecule has 0 unspecified atom stereocenters. The van der Waals surface area contributed by atoms with Crippen LogP contribution in [0.2, 0.25) is 0 Å². The SMILES string of the molecule is O=C(CN1CCN(Cc2ccccc2)CC1)N/N=C/c1ccc(O)c(O)c1. The van der Waals surface area contributed by atoms with E-state index in [1.165, 1.54) is 23.9 Å². The summed E-state index contributed by atoms with van der Waals surface area (Å²) in [5.74, 6) is -0.591. The van der Waals surface area contributed by atoms with Gasteiger partial charge in [0.05, 0.1) is 12.8 Å². The maximum absolute atomic E-state index is 12.0. The number of phenolic OH excluding ortho intramolecular Hbond substituents is 2. The van der Waals surface area contributed by atoms with Crippen LogP contribution >= 0.6 is 0 Å². The summed E-state index contributed by atoms with van der Waals surface area (Å²) in [7, 11) is 0. The quantitative estimate of drug-likeness (QED) is 0.407. The largest absolute Gasteiger partial charge is 0.504 e. The van der Waals surface area contributed by atoms with E-state index in [2.05, 4.69) is 44.6 Å². The number of nitrogens with one attached hydrogen (secondary N) is 1. The number of aromatic hydroxyl groups is 2. The molecule has 0 saturated carbocycles. The van der Waals surface area contributed by atoms with Gasteiger partial charge < -0.3 is 10.2 Å². The van der Waals surface area contributed by atoms with E-state index in [0.717, 1.165) is 32.7 Å². The van der Waals surface area contributed by atoms with Crippen LogP contribution in [0.4, 0.5) is 0 Å². The number of carbonyl (C=O) groups excluding carboxylic acids is 1. The van der Waals surface area contributed by atoms with Gasteiger partial charge in [-0.2, -0.15) is 5.10 Å². The molecule has 0 spiro atoms. The van der Waals surface area contributed by atoms with Crippen LogP contribution in [0, 0.1) is 0 Å². The molecule has 0 radical (unpaired) electrons. The Bertz CT molecular complexity index is 787. The summed E-state index contributed by atoms with van der Waals surface area (Å²) in [6, 6.07) is 14.7. The zero-order chi connectivity index (χ0) is 19.1. The van der Waals surface area contributed by atoms with Gasteiger partial charge in [-0.05, 0) is 29.3 Å². The fourth-order valence-corrected chi connectivity index (χ4v) is 2.99. The molecule has 1 aliphatic heterocycles. The highest BCUT2D eigenvalue weighted by molar-refractivity contribution is 5.83. The van der Waals surface area contributed by atoms with E-state index in [9.17, 15) is 15.0 Å². The molecular formula is C20H24N4O3. The van der Waals surface area contributed by atoms with Crippen molar-refractivity contribution in [1.29, 1.82) is 0 Å². The van der Waals surface area contributed by atoms with Gasteiger partial charge >= 0.3 is 0 Å². The predicted molar refractivity (Wildman–Crippen MR) is 104 cm³/mol. The Labute approximate surface area is 158 Å². The Kier molecular flexibility index (Phi) is 6.40. The van der Waals surface area contributed by atoms with E-state index >= 15 is 0 Å². The average molecular weight is 368 g/mol. The Morgan fingerprint density at radius 3 is 2.41 bits per heavy atom. The number of carbonyl (C=O) groups is 1. The molecule has 2 aromatic rings. The number of hydrogen-bond acceptors (Lipinski definition) is 6. The molecule has 142 valence electrons. The van der Waals surface area contributed by atoms with Crippen molar-refractivity contribution < 1.29 is 15.0 Å². The minimum absolute atomic E-state index is 0.175. The van der Waals surface area contributed by atoms with Gasteiger partial charge in [-0.25, -0.2) is 5.43 Å². The second-order valence-electron chi connectivity index (χ2n) is 6.58. The monoisotopic (exact) mass is 368 g/mol. The molecule has 0 bridgehead atoms. The first-order valence-electron chi connectivity index (χ1n) is 8.93. The van der Waals surface area contributed by atoms with Crippen LogP contribution < -0.4 is 5.43 Å². The lowest BCUT2D eigenvalue weighted by Crippen LogP contribution is -2.48. The molecule has 2 aromatic carbocycles. The number of phenols is 2. The van der Waals surface area contributed by atoms with Gasteiger partial charge in [-0.1, -0.05) is 30.3 Å². The summed E-state index contributed by atoms with van der Waals surface area (Å²) in [6.07, 6.45) is 1.43. The van der Waals surface area contributed by atoms with Crippen LogP contribution in [0.15, 0.2) is 53.6 Å². The number of rotatable bonds is 6. The number of hydrogen-bond donors (Lipinski definition) is 3. The maximum atomic E-state index is 12.0. The number of hydrazone groups is 1. The van der Waals surface area contributed by atoms with Gasteiger partial charge in [-0.15, -0.1) is 0 Å². The first kappa shape index (κ1) is 18.9. The second-order valence-corrected chi connectivity index (χ2v) is 6.58. The van der Waals surface area contributed by atoms with Gasteiger partial charge in [0.2, 0.25) is 0 Å². The lowest BCUT2D eigenvalue weighted by Gasteiger charge is -2.34. The molecule has 1 saturated heterocycles. The van der Waals surface area contributed by atoms with E-state index in [-0.39, 0.29) is 17.4 Å². The number of amides is 1. The highest BCUT2D eigenvalue weighted by atomic mass is 16.3. The van der Waals surface area contributed by atoms with Crippen LogP contribution in [0.25, 0.3) is 0 Å². The molecule has 3 rings (SSSR count). The van der Waals surface area contributed by atoms with E-state index in [1.807, 2.05) is 6.07 Å². The summed E-state index contributed by atoms with van der Waals surface area (Å²) in [4.78, 5) is 16.5. The Morgan fingerprint density at radius 2 is 1.70 bits per heavy atom. The van der Waals surface area contributed by atoms with Gasteiger partial charge in [-0.3, -0.25) is 14.6 Å². The summed E-state index contributed by atoms with van der Waals surface area (Å²) in [6.45, 7) is 4.78. The number of benzene rings is 2. The minimum Gasteiger partial charge on any atom is -0.504 e. The third kappa shape index (κ3) is 5.80. The second kappa shape index (κ2) is 9.16. The third-order valence-corrected chi connectivity index (χ3v) is 4.48. The van der Waals surface area contributed by atoms with Gasteiger partial charge in [0, 0.05) is 32.7 Å². The van der Waals surface area contributed by atoms with Crippen molar-refractivity contribution in [2.24, 2.45) is 5.10 Å².